The van der Waals surface area contributed by atoms with Gasteiger partial charge in [-0.05, 0) is 61.8 Å². The highest BCUT2D eigenvalue weighted by molar-refractivity contribution is 8.00. The largest absolute Gasteiger partial charge is 0.465 e. The smallest absolute Gasteiger partial charge is 0.407 e. The van der Waals surface area contributed by atoms with Crippen LogP contribution in [0.1, 0.15) is 36.8 Å². The number of hydrogen-bond donors (Lipinski definition) is 2. The Morgan fingerprint density at radius 1 is 0.750 bits per heavy atom. The van der Waals surface area contributed by atoms with Crippen LogP contribution in [-0.2, 0) is 27.1 Å². The average Bonchev–Trinajstić information content (AvgIpc) is 3.00. The van der Waals surface area contributed by atoms with E-state index in [4.69, 9.17) is 4.18 Å². The number of carbonyl (C=O) groups is 2. The minimum absolute atomic E-state index is 0.0221. The molecule has 2 aliphatic rings. The molecule has 0 aliphatic carbocycles. The predicted molar refractivity (Wildman–Crippen MR) is 172 cm³/mol. The van der Waals surface area contributed by atoms with Crippen LogP contribution in [0.15, 0.2) is 95.9 Å². The van der Waals surface area contributed by atoms with Crippen molar-refractivity contribution in [2.24, 2.45) is 0 Å². The lowest BCUT2D eigenvalue weighted by Gasteiger charge is -2.39. The fraction of sp³-hybridized carbons (Fsp3) is 0.394. The van der Waals surface area contributed by atoms with Crippen LogP contribution in [0.25, 0.3) is 0 Å². The molecule has 4 unspecified atom stereocenters. The van der Waals surface area contributed by atoms with E-state index in [1.54, 1.807) is 4.90 Å². The zero-order valence-electron chi connectivity index (χ0n) is 24.8. The van der Waals surface area contributed by atoms with Gasteiger partial charge in [-0.3, -0.25) is 4.18 Å². The molecule has 2 saturated heterocycles. The third-order valence-corrected chi connectivity index (χ3v) is 9.82. The molecule has 0 bridgehead atoms. The number of carboxylic acid groups (broad SMARTS) is 2. The first-order chi connectivity index (χ1) is 21.1. The molecule has 0 radical (unpaired) electrons. The van der Waals surface area contributed by atoms with Crippen LogP contribution < -0.4 is 0 Å². The summed E-state index contributed by atoms with van der Waals surface area (Å²) in [4.78, 5) is 27.2. The first kappa shape index (κ1) is 33.4. The standard InChI is InChI=1S/C19H21NO2S.C14H19NO5S/c21-19(22)20-13-7-12-18(23-16-10-5-2-6-11-16)17(20)14-15-8-3-1-4-9-15;1-21(18,19)20-13-8-5-9-15(14(16)17)12(13)10-11-6-3-2-4-7-11/h1-6,8-11,17-18H,7,12-14H2,(H,21,22);2-4,6-7,12-13H,5,8-10H2,1H3,(H,16,17). The molecule has 2 aliphatic heterocycles. The Bertz CT molecular complexity index is 1440. The molecule has 2 fully saturated rings. The number of nitrogens with zero attached hydrogens (tertiary/aromatic N) is 2. The lowest BCUT2D eigenvalue weighted by Crippen LogP contribution is -2.53. The van der Waals surface area contributed by atoms with Crippen LogP contribution >= 0.6 is 11.8 Å². The molecule has 44 heavy (non-hydrogen) atoms. The fourth-order valence-electron chi connectivity index (χ4n) is 5.86. The van der Waals surface area contributed by atoms with E-state index < -0.39 is 34.5 Å². The highest BCUT2D eigenvalue weighted by Gasteiger charge is 2.37. The normalized spacial score (nSPS) is 22.0. The van der Waals surface area contributed by atoms with Gasteiger partial charge in [-0.25, -0.2) is 9.59 Å². The van der Waals surface area contributed by atoms with E-state index in [0.717, 1.165) is 31.1 Å². The third kappa shape index (κ3) is 10.0. The van der Waals surface area contributed by atoms with Crippen LogP contribution in [-0.4, -0.2) is 83.4 Å². The van der Waals surface area contributed by atoms with Crippen molar-refractivity contribution in [3.05, 3.63) is 102 Å². The Labute approximate surface area is 264 Å². The van der Waals surface area contributed by atoms with E-state index >= 15 is 0 Å². The van der Waals surface area contributed by atoms with Crippen molar-refractivity contribution in [1.82, 2.24) is 9.80 Å². The molecular formula is C33H40N2O7S2. The molecule has 4 atom stereocenters. The summed E-state index contributed by atoms with van der Waals surface area (Å²) in [6.45, 7) is 1.04. The molecular weight excluding hydrogens is 601 g/mol. The SMILES string of the molecule is CS(=O)(=O)OC1CCCN(C(=O)O)C1Cc1ccccc1.O=C(O)N1CCCC(Sc2ccccc2)C1Cc1ccccc1. The van der Waals surface area contributed by atoms with E-state index in [1.165, 1.54) is 15.4 Å². The maximum Gasteiger partial charge on any atom is 0.407 e. The summed E-state index contributed by atoms with van der Waals surface area (Å²) in [6, 6.07) is 29.4. The zero-order valence-corrected chi connectivity index (χ0v) is 26.4. The van der Waals surface area contributed by atoms with Crippen molar-refractivity contribution in [3.63, 3.8) is 0 Å². The molecule has 2 N–H and O–H groups in total. The molecule has 3 aromatic rings. The quantitative estimate of drug-likeness (QED) is 0.277. The summed E-state index contributed by atoms with van der Waals surface area (Å²) in [5, 5.41) is 19.2. The van der Waals surface area contributed by atoms with Crippen molar-refractivity contribution in [1.29, 1.82) is 0 Å². The topological polar surface area (TPSA) is 124 Å². The Morgan fingerprint density at radius 3 is 1.70 bits per heavy atom. The molecule has 0 spiro atoms. The Hall–Kier alpha value is -3.54. The number of piperidine rings is 2. The predicted octanol–water partition coefficient (Wildman–Crippen LogP) is 6.25. The van der Waals surface area contributed by atoms with Gasteiger partial charge in [0, 0.05) is 23.2 Å². The maximum absolute atomic E-state index is 11.7. The van der Waals surface area contributed by atoms with Gasteiger partial charge in [0.15, 0.2) is 0 Å². The second-order valence-corrected chi connectivity index (χ2v) is 14.0. The van der Waals surface area contributed by atoms with Crippen molar-refractivity contribution in [2.45, 2.75) is 66.9 Å². The van der Waals surface area contributed by atoms with E-state index in [0.29, 0.717) is 37.6 Å². The highest BCUT2D eigenvalue weighted by Crippen LogP contribution is 2.35. The summed E-state index contributed by atoms with van der Waals surface area (Å²) in [5.41, 5.74) is 2.15. The van der Waals surface area contributed by atoms with Gasteiger partial charge in [0.1, 0.15) is 0 Å². The van der Waals surface area contributed by atoms with Crippen molar-refractivity contribution < 1.29 is 32.4 Å². The van der Waals surface area contributed by atoms with Crippen molar-refractivity contribution in [2.75, 3.05) is 19.3 Å². The Kier molecular flexibility index (Phi) is 12.1. The van der Waals surface area contributed by atoms with E-state index in [-0.39, 0.29) is 6.04 Å². The van der Waals surface area contributed by atoms with Crippen LogP contribution in [0.2, 0.25) is 0 Å². The van der Waals surface area contributed by atoms with Gasteiger partial charge in [-0.15, -0.1) is 11.8 Å². The van der Waals surface area contributed by atoms with Gasteiger partial charge in [-0.1, -0.05) is 78.9 Å². The van der Waals surface area contributed by atoms with Crippen LogP contribution in [0, 0.1) is 0 Å². The van der Waals surface area contributed by atoms with Crippen LogP contribution in [0.4, 0.5) is 9.59 Å². The lowest BCUT2D eigenvalue weighted by molar-refractivity contribution is 0.0338. The first-order valence-corrected chi connectivity index (χ1v) is 17.5. The maximum atomic E-state index is 11.7. The minimum Gasteiger partial charge on any atom is -0.465 e. The summed E-state index contributed by atoms with van der Waals surface area (Å²) in [5.74, 6) is 0. The van der Waals surface area contributed by atoms with Crippen LogP contribution in [0.3, 0.4) is 0 Å². The molecule has 5 rings (SSSR count). The highest BCUT2D eigenvalue weighted by atomic mass is 32.2. The number of rotatable bonds is 8. The zero-order chi connectivity index (χ0) is 31.5. The van der Waals surface area contributed by atoms with Gasteiger partial charge in [0.05, 0.1) is 24.4 Å². The molecule has 11 heteroatoms. The fourth-order valence-corrected chi connectivity index (χ4v) is 7.88. The van der Waals surface area contributed by atoms with Crippen molar-refractivity contribution >= 4 is 34.1 Å². The second-order valence-electron chi connectivity index (χ2n) is 11.1. The van der Waals surface area contributed by atoms with E-state index in [9.17, 15) is 28.2 Å². The summed E-state index contributed by atoms with van der Waals surface area (Å²) < 4.78 is 27.9. The minimum atomic E-state index is -3.62. The van der Waals surface area contributed by atoms with E-state index in [1.807, 2.05) is 78.5 Å². The van der Waals surface area contributed by atoms with Crippen LogP contribution in [0.5, 0.6) is 0 Å². The first-order valence-electron chi connectivity index (χ1n) is 14.8. The van der Waals surface area contributed by atoms with Gasteiger partial charge in [-0.2, -0.15) is 8.42 Å². The monoisotopic (exact) mass is 640 g/mol. The molecule has 2 heterocycles. The van der Waals surface area contributed by atoms with Gasteiger partial charge >= 0.3 is 12.2 Å². The number of amides is 2. The second kappa shape index (κ2) is 16.0. The molecule has 9 nitrogen and oxygen atoms in total. The average molecular weight is 641 g/mol. The molecule has 236 valence electrons. The summed E-state index contributed by atoms with van der Waals surface area (Å²) in [7, 11) is -3.62. The Balaban J connectivity index is 0.000000202. The van der Waals surface area contributed by atoms with Gasteiger partial charge in [0.25, 0.3) is 10.1 Å². The molecule has 2 amide bonds. The molecule has 0 aromatic heterocycles. The van der Waals surface area contributed by atoms with E-state index in [2.05, 4.69) is 24.3 Å². The number of thioether (sulfide) groups is 1. The lowest BCUT2D eigenvalue weighted by atomic mass is 9.93. The number of hydrogen-bond acceptors (Lipinski definition) is 6. The molecule has 3 aromatic carbocycles. The van der Waals surface area contributed by atoms with Gasteiger partial charge in [0.2, 0.25) is 0 Å². The summed E-state index contributed by atoms with van der Waals surface area (Å²) >= 11 is 1.81. The number of benzene rings is 3. The molecule has 0 saturated carbocycles. The van der Waals surface area contributed by atoms with Gasteiger partial charge < -0.3 is 20.0 Å². The third-order valence-electron chi connectivity index (χ3n) is 7.83. The Morgan fingerprint density at radius 2 is 1.20 bits per heavy atom. The van der Waals surface area contributed by atoms with Crippen molar-refractivity contribution in [3.8, 4) is 0 Å². The number of likely N-dealkylation sites (tertiary alicyclic amines) is 2. The summed E-state index contributed by atoms with van der Waals surface area (Å²) in [6.07, 6.45) is 2.85.